The van der Waals surface area contributed by atoms with Gasteiger partial charge < -0.3 is 19.9 Å². The number of anilines is 2. The molecule has 0 bridgehead atoms. The van der Waals surface area contributed by atoms with Gasteiger partial charge in [0.25, 0.3) is 5.91 Å². The second kappa shape index (κ2) is 9.86. The largest absolute Gasteiger partial charge is 0.378 e. The number of amides is 2. The molecule has 0 unspecified atom stereocenters. The zero-order valence-electron chi connectivity index (χ0n) is 18.9. The van der Waals surface area contributed by atoms with Crippen LogP contribution in [0, 0.1) is 0 Å². The molecular weight excluding hydrogens is 452 g/mol. The summed E-state index contributed by atoms with van der Waals surface area (Å²) >= 11 is 1.56. The van der Waals surface area contributed by atoms with Gasteiger partial charge in [-0.1, -0.05) is 30.3 Å². The van der Waals surface area contributed by atoms with Crippen LogP contribution in [0.25, 0.3) is 0 Å². The Kier molecular flexibility index (Phi) is 6.50. The van der Waals surface area contributed by atoms with Crippen molar-refractivity contribution in [2.45, 2.75) is 17.5 Å². The SMILES string of the molecule is CN1C(=O)[C@@H](NC(=O)c2ncn(Cc3ccccc3)n2)CSc2ccc(N3CCOCC3)cc21. The summed E-state index contributed by atoms with van der Waals surface area (Å²) in [5, 5.41) is 7.12. The van der Waals surface area contributed by atoms with Gasteiger partial charge in [0.05, 0.1) is 25.4 Å². The van der Waals surface area contributed by atoms with Gasteiger partial charge in [-0.3, -0.25) is 9.59 Å². The Morgan fingerprint density at radius 2 is 1.97 bits per heavy atom. The maximum atomic E-state index is 13.2. The number of thioether (sulfide) groups is 1. The van der Waals surface area contributed by atoms with Crippen LogP contribution >= 0.6 is 11.8 Å². The van der Waals surface area contributed by atoms with Gasteiger partial charge in [-0.15, -0.1) is 16.9 Å². The molecule has 0 spiro atoms. The number of ether oxygens (including phenoxy) is 1. The number of hydrogen-bond donors (Lipinski definition) is 1. The number of benzene rings is 2. The van der Waals surface area contributed by atoms with Crippen LogP contribution in [0.15, 0.2) is 59.8 Å². The van der Waals surface area contributed by atoms with Gasteiger partial charge in [0.2, 0.25) is 11.7 Å². The molecule has 3 aromatic rings. The zero-order valence-corrected chi connectivity index (χ0v) is 19.7. The van der Waals surface area contributed by atoms with Crippen LogP contribution in [0.5, 0.6) is 0 Å². The smallest absolute Gasteiger partial charge is 0.291 e. The highest BCUT2D eigenvalue weighted by atomic mass is 32.2. The molecule has 2 aliphatic heterocycles. The lowest BCUT2D eigenvalue weighted by molar-refractivity contribution is -0.119. The molecule has 0 radical (unpaired) electrons. The lowest BCUT2D eigenvalue weighted by Crippen LogP contribution is -2.48. The normalized spacial score (nSPS) is 18.4. The van der Waals surface area contributed by atoms with Crippen molar-refractivity contribution < 1.29 is 14.3 Å². The lowest BCUT2D eigenvalue weighted by atomic mass is 10.2. The second-order valence-electron chi connectivity index (χ2n) is 8.24. The van der Waals surface area contributed by atoms with E-state index in [0.717, 1.165) is 34.9 Å². The molecule has 2 amide bonds. The van der Waals surface area contributed by atoms with E-state index in [4.69, 9.17) is 4.74 Å². The van der Waals surface area contributed by atoms with Crippen molar-refractivity contribution in [2.75, 3.05) is 48.9 Å². The monoisotopic (exact) mass is 478 g/mol. The number of rotatable bonds is 5. The Morgan fingerprint density at radius 1 is 1.18 bits per heavy atom. The number of fused-ring (bicyclic) bond motifs is 1. The molecule has 2 aromatic carbocycles. The number of carbonyl (C=O) groups is 2. The topological polar surface area (TPSA) is 92.6 Å². The standard InChI is InChI=1S/C24H26N6O3S/c1-28-20-13-18(29-9-11-33-12-10-29)7-8-21(20)34-15-19(24(28)32)26-23(31)22-25-16-30(27-22)14-17-5-3-2-4-6-17/h2-8,13,16,19H,9-12,14-15H2,1H3,(H,26,31)/t19-/m0/s1. The maximum absolute atomic E-state index is 13.2. The van der Waals surface area contributed by atoms with Crippen molar-refractivity contribution in [3.63, 3.8) is 0 Å². The average Bonchev–Trinajstić information content (AvgIpc) is 3.31. The van der Waals surface area contributed by atoms with Crippen molar-refractivity contribution >= 4 is 35.0 Å². The van der Waals surface area contributed by atoms with Crippen LogP contribution < -0.4 is 15.1 Å². The first-order valence-corrected chi connectivity index (χ1v) is 12.2. The number of carbonyl (C=O) groups excluding carboxylic acids is 2. The molecule has 0 saturated carbocycles. The Bertz CT molecular complexity index is 1180. The van der Waals surface area contributed by atoms with E-state index in [-0.39, 0.29) is 11.7 Å². The summed E-state index contributed by atoms with van der Waals surface area (Å²) in [6, 6.07) is 15.3. The molecule has 0 aliphatic carbocycles. The summed E-state index contributed by atoms with van der Waals surface area (Å²) in [4.78, 5) is 35.1. The molecule has 1 aromatic heterocycles. The molecule has 3 heterocycles. The van der Waals surface area contributed by atoms with E-state index >= 15 is 0 Å². The van der Waals surface area contributed by atoms with E-state index in [2.05, 4.69) is 26.4 Å². The molecule has 1 saturated heterocycles. The van der Waals surface area contributed by atoms with Gasteiger partial charge in [-0.2, -0.15) is 0 Å². The summed E-state index contributed by atoms with van der Waals surface area (Å²) in [7, 11) is 1.75. The third kappa shape index (κ3) is 4.78. The van der Waals surface area contributed by atoms with Crippen LogP contribution in [0.1, 0.15) is 16.2 Å². The quantitative estimate of drug-likeness (QED) is 0.600. The van der Waals surface area contributed by atoms with E-state index in [1.165, 1.54) is 6.33 Å². The van der Waals surface area contributed by atoms with Gasteiger partial charge in [0.1, 0.15) is 12.4 Å². The number of likely N-dealkylation sites (N-methyl/N-ethyl adjacent to an activating group) is 1. The molecule has 5 rings (SSSR count). The van der Waals surface area contributed by atoms with Gasteiger partial charge >= 0.3 is 0 Å². The molecule has 1 N–H and O–H groups in total. The van der Waals surface area contributed by atoms with Crippen molar-refractivity contribution in [1.82, 2.24) is 20.1 Å². The van der Waals surface area contributed by atoms with E-state index in [9.17, 15) is 9.59 Å². The fourth-order valence-electron chi connectivity index (χ4n) is 4.08. The Balaban J connectivity index is 1.27. The van der Waals surface area contributed by atoms with Gasteiger partial charge in [0, 0.05) is 36.5 Å². The minimum Gasteiger partial charge on any atom is -0.378 e. The highest BCUT2D eigenvalue weighted by Gasteiger charge is 2.31. The first-order chi connectivity index (χ1) is 16.6. The van der Waals surface area contributed by atoms with Crippen LogP contribution in [-0.4, -0.2) is 71.7 Å². The predicted molar refractivity (Wildman–Crippen MR) is 130 cm³/mol. The summed E-state index contributed by atoms with van der Waals surface area (Å²) in [6.07, 6.45) is 1.53. The van der Waals surface area contributed by atoms with Crippen LogP contribution in [-0.2, 0) is 16.1 Å². The van der Waals surface area contributed by atoms with E-state index < -0.39 is 11.9 Å². The average molecular weight is 479 g/mol. The molecule has 34 heavy (non-hydrogen) atoms. The third-order valence-corrected chi connectivity index (χ3v) is 7.10. The molecule has 1 fully saturated rings. The van der Waals surface area contributed by atoms with Crippen molar-refractivity contribution in [3.8, 4) is 0 Å². The number of nitrogens with one attached hydrogen (secondary N) is 1. The van der Waals surface area contributed by atoms with Gasteiger partial charge in [-0.25, -0.2) is 9.67 Å². The first kappa shape index (κ1) is 22.4. The van der Waals surface area contributed by atoms with Gasteiger partial charge in [-0.05, 0) is 23.8 Å². The predicted octanol–water partition coefficient (Wildman–Crippen LogP) is 2.03. The fourth-order valence-corrected chi connectivity index (χ4v) is 5.16. The molecule has 2 aliphatic rings. The Hall–Kier alpha value is -3.37. The van der Waals surface area contributed by atoms with E-state index in [0.29, 0.717) is 25.5 Å². The third-order valence-electron chi connectivity index (χ3n) is 5.95. The summed E-state index contributed by atoms with van der Waals surface area (Å²) in [5.41, 5.74) is 2.98. The number of hydrogen-bond acceptors (Lipinski definition) is 7. The van der Waals surface area contributed by atoms with E-state index in [1.54, 1.807) is 28.4 Å². The summed E-state index contributed by atoms with van der Waals surface area (Å²) in [6.45, 7) is 3.56. The van der Waals surface area contributed by atoms with Crippen LogP contribution in [0.2, 0.25) is 0 Å². The molecular formula is C24H26N6O3S. The molecule has 9 nitrogen and oxygen atoms in total. The van der Waals surface area contributed by atoms with Gasteiger partial charge in [0.15, 0.2) is 0 Å². The van der Waals surface area contributed by atoms with Crippen molar-refractivity contribution in [1.29, 1.82) is 0 Å². The molecule has 1 atom stereocenters. The number of morpholine rings is 1. The Morgan fingerprint density at radius 3 is 2.76 bits per heavy atom. The zero-order chi connectivity index (χ0) is 23.5. The van der Waals surface area contributed by atoms with Crippen LogP contribution in [0.3, 0.4) is 0 Å². The minimum atomic E-state index is -0.678. The highest BCUT2D eigenvalue weighted by molar-refractivity contribution is 7.99. The van der Waals surface area contributed by atoms with E-state index in [1.807, 2.05) is 42.5 Å². The van der Waals surface area contributed by atoms with Crippen molar-refractivity contribution in [3.05, 3.63) is 66.2 Å². The second-order valence-corrected chi connectivity index (χ2v) is 9.30. The number of nitrogens with zero attached hydrogens (tertiary/aromatic N) is 5. The summed E-state index contributed by atoms with van der Waals surface area (Å²) in [5.74, 6) is -0.141. The maximum Gasteiger partial charge on any atom is 0.291 e. The first-order valence-electron chi connectivity index (χ1n) is 11.2. The molecule has 10 heteroatoms. The molecule has 176 valence electrons. The minimum absolute atomic E-state index is 0.0488. The fraction of sp³-hybridized carbons (Fsp3) is 0.333. The Labute approximate surface area is 202 Å². The highest BCUT2D eigenvalue weighted by Crippen LogP contribution is 2.36. The van der Waals surface area contributed by atoms with Crippen LogP contribution in [0.4, 0.5) is 11.4 Å². The summed E-state index contributed by atoms with van der Waals surface area (Å²) < 4.78 is 7.06. The lowest BCUT2D eigenvalue weighted by Gasteiger charge is -2.30. The van der Waals surface area contributed by atoms with Crippen molar-refractivity contribution in [2.24, 2.45) is 0 Å². The number of aromatic nitrogens is 3.